The normalized spacial score (nSPS) is 25.5. The van der Waals surface area contributed by atoms with Gasteiger partial charge in [-0.2, -0.15) is 5.10 Å². The monoisotopic (exact) mass is 304 g/mol. The van der Waals surface area contributed by atoms with Crippen LogP contribution in [0, 0.1) is 5.41 Å². The number of amides is 2. The predicted molar refractivity (Wildman–Crippen MR) is 82.5 cm³/mol. The van der Waals surface area contributed by atoms with E-state index in [0.717, 1.165) is 31.5 Å². The summed E-state index contributed by atoms with van der Waals surface area (Å²) in [4.78, 5) is 28.7. The van der Waals surface area contributed by atoms with Gasteiger partial charge in [0.15, 0.2) is 0 Å². The fourth-order valence-corrected chi connectivity index (χ4v) is 3.60. The average Bonchev–Trinajstić information content (AvgIpc) is 3.12. The number of carbonyl (C=O) groups excluding carboxylic acids is 2. The van der Waals surface area contributed by atoms with E-state index in [-0.39, 0.29) is 17.2 Å². The Morgan fingerprint density at radius 3 is 2.82 bits per heavy atom. The van der Waals surface area contributed by atoms with Gasteiger partial charge in [-0.15, -0.1) is 0 Å². The molecule has 1 N–H and O–H groups in total. The quantitative estimate of drug-likeness (QED) is 0.902. The van der Waals surface area contributed by atoms with Crippen molar-refractivity contribution in [2.45, 2.75) is 39.0 Å². The van der Waals surface area contributed by atoms with Crippen LogP contribution in [0.25, 0.3) is 0 Å². The Morgan fingerprint density at radius 1 is 1.36 bits per heavy atom. The SMILES string of the molecule is CC(C)c1cc(C(=O)N2CC[C@]3(CCCN(C)C3=O)C2)n[nH]1. The summed E-state index contributed by atoms with van der Waals surface area (Å²) in [6, 6.07) is 1.83. The second-order valence-corrected chi connectivity index (χ2v) is 6.95. The Labute approximate surface area is 130 Å². The van der Waals surface area contributed by atoms with E-state index < -0.39 is 0 Å². The van der Waals surface area contributed by atoms with Crippen LogP contribution in [0.2, 0.25) is 0 Å². The van der Waals surface area contributed by atoms with E-state index in [2.05, 4.69) is 24.0 Å². The maximum absolute atomic E-state index is 12.6. The lowest BCUT2D eigenvalue weighted by Gasteiger charge is -2.37. The predicted octanol–water partition coefficient (Wildman–Crippen LogP) is 1.62. The van der Waals surface area contributed by atoms with E-state index in [9.17, 15) is 9.59 Å². The van der Waals surface area contributed by atoms with E-state index in [1.807, 2.05) is 18.0 Å². The molecule has 0 unspecified atom stereocenters. The Hall–Kier alpha value is -1.85. The Bertz CT molecular complexity index is 595. The highest BCUT2D eigenvalue weighted by molar-refractivity contribution is 5.94. The molecule has 22 heavy (non-hydrogen) atoms. The Morgan fingerprint density at radius 2 is 2.14 bits per heavy atom. The number of nitrogens with zero attached hydrogens (tertiary/aromatic N) is 3. The van der Waals surface area contributed by atoms with E-state index >= 15 is 0 Å². The summed E-state index contributed by atoms with van der Waals surface area (Å²) >= 11 is 0. The molecule has 0 bridgehead atoms. The molecule has 3 rings (SSSR count). The molecule has 1 aromatic rings. The van der Waals surface area contributed by atoms with Crippen LogP contribution >= 0.6 is 0 Å². The van der Waals surface area contributed by atoms with E-state index in [4.69, 9.17) is 0 Å². The highest BCUT2D eigenvalue weighted by Crippen LogP contribution is 2.40. The summed E-state index contributed by atoms with van der Waals surface area (Å²) < 4.78 is 0. The van der Waals surface area contributed by atoms with Crippen molar-refractivity contribution in [2.75, 3.05) is 26.7 Å². The van der Waals surface area contributed by atoms with Gasteiger partial charge in [0.2, 0.25) is 5.91 Å². The molecule has 1 aromatic heterocycles. The second kappa shape index (κ2) is 5.41. The maximum atomic E-state index is 12.6. The van der Waals surface area contributed by atoms with Gasteiger partial charge in [-0.05, 0) is 31.2 Å². The number of H-pyrrole nitrogens is 1. The maximum Gasteiger partial charge on any atom is 0.274 e. The van der Waals surface area contributed by atoms with Gasteiger partial charge in [0.25, 0.3) is 5.91 Å². The molecule has 6 heteroatoms. The van der Waals surface area contributed by atoms with Crippen molar-refractivity contribution >= 4 is 11.8 Å². The minimum Gasteiger partial charge on any atom is -0.345 e. The molecule has 0 radical (unpaired) electrons. The van der Waals surface area contributed by atoms with Crippen LogP contribution in [0.4, 0.5) is 0 Å². The van der Waals surface area contributed by atoms with Crippen molar-refractivity contribution in [3.8, 4) is 0 Å². The topological polar surface area (TPSA) is 69.3 Å². The van der Waals surface area contributed by atoms with Gasteiger partial charge in [0.05, 0.1) is 5.41 Å². The molecule has 1 spiro atoms. The van der Waals surface area contributed by atoms with Crippen LogP contribution < -0.4 is 0 Å². The Kier molecular flexibility index (Phi) is 3.70. The third-order valence-corrected chi connectivity index (χ3v) is 5.03. The van der Waals surface area contributed by atoms with Crippen molar-refractivity contribution in [1.82, 2.24) is 20.0 Å². The number of carbonyl (C=O) groups is 2. The third kappa shape index (κ3) is 2.40. The van der Waals surface area contributed by atoms with Crippen LogP contribution in [-0.2, 0) is 4.79 Å². The molecule has 3 heterocycles. The van der Waals surface area contributed by atoms with Gasteiger partial charge < -0.3 is 9.80 Å². The van der Waals surface area contributed by atoms with E-state index in [0.29, 0.717) is 24.7 Å². The standard InChI is InChI=1S/C16H24N4O2/c1-11(2)12-9-13(18-17-12)14(21)20-8-6-16(10-20)5-4-7-19(3)15(16)22/h9,11H,4-8,10H2,1-3H3,(H,17,18)/t16-/m1/s1. The number of hydrogen-bond donors (Lipinski definition) is 1. The fourth-order valence-electron chi connectivity index (χ4n) is 3.60. The average molecular weight is 304 g/mol. The third-order valence-electron chi connectivity index (χ3n) is 5.03. The highest BCUT2D eigenvalue weighted by atomic mass is 16.2. The Balaban J connectivity index is 1.74. The first kappa shape index (κ1) is 15.1. The molecule has 0 saturated carbocycles. The number of hydrogen-bond acceptors (Lipinski definition) is 3. The van der Waals surface area contributed by atoms with Gasteiger partial charge in [-0.1, -0.05) is 13.8 Å². The van der Waals surface area contributed by atoms with E-state index in [1.54, 1.807) is 4.90 Å². The van der Waals surface area contributed by atoms with Crippen molar-refractivity contribution in [3.63, 3.8) is 0 Å². The molecule has 2 aliphatic rings. The van der Waals surface area contributed by atoms with Gasteiger partial charge in [-0.3, -0.25) is 14.7 Å². The van der Waals surface area contributed by atoms with Crippen LogP contribution in [0.15, 0.2) is 6.07 Å². The largest absolute Gasteiger partial charge is 0.345 e. The number of aromatic amines is 1. The zero-order valence-corrected chi connectivity index (χ0v) is 13.6. The molecule has 0 aliphatic carbocycles. The van der Waals surface area contributed by atoms with Crippen LogP contribution in [0.1, 0.15) is 55.2 Å². The van der Waals surface area contributed by atoms with Crippen LogP contribution in [0.3, 0.4) is 0 Å². The first-order chi connectivity index (χ1) is 10.4. The number of nitrogens with one attached hydrogen (secondary N) is 1. The summed E-state index contributed by atoms with van der Waals surface area (Å²) in [5, 5.41) is 7.06. The minimum absolute atomic E-state index is 0.0685. The summed E-state index contributed by atoms with van der Waals surface area (Å²) in [6.07, 6.45) is 2.67. The van der Waals surface area contributed by atoms with Crippen LogP contribution in [-0.4, -0.2) is 58.5 Å². The molecular formula is C16H24N4O2. The summed E-state index contributed by atoms with van der Waals surface area (Å²) in [5.74, 6) is 0.438. The zero-order valence-electron chi connectivity index (χ0n) is 13.6. The molecule has 1 atom stereocenters. The lowest BCUT2D eigenvalue weighted by atomic mass is 9.78. The second-order valence-electron chi connectivity index (χ2n) is 6.95. The summed E-state index contributed by atoms with van der Waals surface area (Å²) in [7, 11) is 1.86. The molecule has 6 nitrogen and oxygen atoms in total. The van der Waals surface area contributed by atoms with Crippen LogP contribution in [0.5, 0.6) is 0 Å². The lowest BCUT2D eigenvalue weighted by Crippen LogP contribution is -2.48. The number of piperidine rings is 1. The summed E-state index contributed by atoms with van der Waals surface area (Å²) in [5.41, 5.74) is 1.06. The molecule has 2 saturated heterocycles. The fraction of sp³-hybridized carbons (Fsp3) is 0.688. The van der Waals surface area contributed by atoms with Crippen molar-refractivity contribution in [2.24, 2.45) is 5.41 Å². The van der Waals surface area contributed by atoms with Crippen molar-refractivity contribution in [3.05, 3.63) is 17.5 Å². The van der Waals surface area contributed by atoms with Gasteiger partial charge in [0, 0.05) is 32.4 Å². The number of likely N-dealkylation sites (tertiary alicyclic amines) is 2. The first-order valence-electron chi connectivity index (χ1n) is 8.03. The number of rotatable bonds is 2. The summed E-state index contributed by atoms with van der Waals surface area (Å²) in [6.45, 7) is 6.11. The van der Waals surface area contributed by atoms with Gasteiger partial charge >= 0.3 is 0 Å². The van der Waals surface area contributed by atoms with Gasteiger partial charge in [-0.25, -0.2) is 0 Å². The molecule has 2 aliphatic heterocycles. The minimum atomic E-state index is -0.361. The van der Waals surface area contributed by atoms with Gasteiger partial charge in [0.1, 0.15) is 5.69 Å². The highest BCUT2D eigenvalue weighted by Gasteiger charge is 2.48. The molecule has 0 aromatic carbocycles. The van der Waals surface area contributed by atoms with E-state index in [1.165, 1.54) is 0 Å². The van der Waals surface area contributed by atoms with Crippen molar-refractivity contribution < 1.29 is 9.59 Å². The van der Waals surface area contributed by atoms with Crippen molar-refractivity contribution in [1.29, 1.82) is 0 Å². The first-order valence-corrected chi connectivity index (χ1v) is 8.03. The molecule has 2 fully saturated rings. The number of aromatic nitrogens is 2. The lowest BCUT2D eigenvalue weighted by molar-refractivity contribution is -0.143. The zero-order chi connectivity index (χ0) is 15.9. The molecule has 2 amide bonds. The molecule has 120 valence electrons. The smallest absolute Gasteiger partial charge is 0.274 e. The molecular weight excluding hydrogens is 280 g/mol.